The second-order valence-electron chi connectivity index (χ2n) is 5.89. The van der Waals surface area contributed by atoms with E-state index in [9.17, 15) is 13.2 Å². The average molecular weight is 379 g/mol. The Hall–Kier alpha value is -0.820. The molecule has 1 heterocycles. The first-order chi connectivity index (χ1) is 10.7. The van der Waals surface area contributed by atoms with Crippen molar-refractivity contribution in [2.24, 2.45) is 0 Å². The Morgan fingerprint density at radius 2 is 1.87 bits per heavy atom. The van der Waals surface area contributed by atoms with Crippen molar-refractivity contribution in [3.05, 3.63) is 33.8 Å². The Labute approximate surface area is 146 Å². The van der Waals surface area contributed by atoms with Crippen LogP contribution < -0.4 is 10.6 Å². The van der Waals surface area contributed by atoms with Crippen molar-refractivity contribution >= 4 is 38.9 Å². The highest BCUT2D eigenvalue weighted by molar-refractivity contribution is 7.92. The van der Waals surface area contributed by atoms with Crippen LogP contribution in [0.2, 0.25) is 10.0 Å². The van der Waals surface area contributed by atoms with Crippen LogP contribution in [-0.4, -0.2) is 38.4 Å². The van der Waals surface area contributed by atoms with Gasteiger partial charge in [0.05, 0.1) is 16.1 Å². The number of nitrogens with one attached hydrogen (secondary N) is 2. The molecule has 0 bridgehead atoms. The Morgan fingerprint density at radius 1 is 1.26 bits per heavy atom. The minimum atomic E-state index is -3.53. The molecule has 8 heteroatoms. The van der Waals surface area contributed by atoms with Crippen molar-refractivity contribution in [3.63, 3.8) is 0 Å². The molecule has 2 rings (SSSR count). The van der Waals surface area contributed by atoms with Gasteiger partial charge in [-0.3, -0.25) is 4.79 Å². The molecule has 2 N–H and O–H groups in total. The normalized spacial score (nSPS) is 19.1. The summed E-state index contributed by atoms with van der Waals surface area (Å²) in [7, 11) is -3.53. The SMILES string of the molecule is CC(NC(=O)C1(S(C)(=O)=O)CCNCC1)c1ccc(Cl)c(Cl)c1. The van der Waals surface area contributed by atoms with Gasteiger partial charge in [0.15, 0.2) is 14.6 Å². The van der Waals surface area contributed by atoms with E-state index in [-0.39, 0.29) is 18.9 Å². The summed E-state index contributed by atoms with van der Waals surface area (Å²) in [4.78, 5) is 12.7. The highest BCUT2D eigenvalue weighted by Crippen LogP contribution is 2.30. The zero-order valence-corrected chi connectivity index (χ0v) is 15.4. The molecule has 128 valence electrons. The van der Waals surface area contributed by atoms with E-state index in [1.807, 2.05) is 0 Å². The summed E-state index contributed by atoms with van der Waals surface area (Å²) in [6, 6.07) is 4.71. The molecule has 1 saturated heterocycles. The fraction of sp³-hybridized carbons (Fsp3) is 0.533. The summed E-state index contributed by atoms with van der Waals surface area (Å²) in [6.07, 6.45) is 1.67. The second kappa shape index (κ2) is 6.97. The third kappa shape index (κ3) is 3.82. The minimum absolute atomic E-state index is 0.270. The first-order valence-electron chi connectivity index (χ1n) is 7.33. The number of halogens is 2. The minimum Gasteiger partial charge on any atom is -0.348 e. The molecule has 1 amide bonds. The summed E-state index contributed by atoms with van der Waals surface area (Å²) >= 11 is 11.9. The van der Waals surface area contributed by atoms with E-state index in [4.69, 9.17) is 23.2 Å². The van der Waals surface area contributed by atoms with Crippen molar-refractivity contribution in [2.45, 2.75) is 30.6 Å². The van der Waals surface area contributed by atoms with Gasteiger partial charge in [-0.1, -0.05) is 29.3 Å². The van der Waals surface area contributed by atoms with Crippen LogP contribution >= 0.6 is 23.2 Å². The van der Waals surface area contributed by atoms with Gasteiger partial charge in [-0.05, 0) is 50.6 Å². The molecule has 0 saturated carbocycles. The van der Waals surface area contributed by atoms with Crippen molar-refractivity contribution in [1.29, 1.82) is 0 Å². The lowest BCUT2D eigenvalue weighted by Gasteiger charge is -2.35. The third-order valence-electron chi connectivity index (χ3n) is 4.33. The van der Waals surface area contributed by atoms with E-state index in [1.165, 1.54) is 0 Å². The number of hydrogen-bond acceptors (Lipinski definition) is 4. The van der Waals surface area contributed by atoms with Crippen molar-refractivity contribution < 1.29 is 13.2 Å². The van der Waals surface area contributed by atoms with Gasteiger partial charge in [0.25, 0.3) is 0 Å². The van der Waals surface area contributed by atoms with Crippen LogP contribution in [0.1, 0.15) is 31.4 Å². The average Bonchev–Trinajstić information content (AvgIpc) is 2.49. The Morgan fingerprint density at radius 3 is 2.39 bits per heavy atom. The Bertz CT molecular complexity index is 701. The van der Waals surface area contributed by atoms with Crippen molar-refractivity contribution in [3.8, 4) is 0 Å². The molecular weight excluding hydrogens is 359 g/mol. The quantitative estimate of drug-likeness (QED) is 0.842. The monoisotopic (exact) mass is 378 g/mol. The molecule has 0 spiro atoms. The standard InChI is InChI=1S/C15H20Cl2N2O3S/c1-10(11-3-4-12(16)13(17)9-11)19-14(20)15(23(2,21)22)5-7-18-8-6-15/h3-4,9-10,18H,5-8H2,1-2H3,(H,19,20). The zero-order chi connectivity index (χ0) is 17.3. The highest BCUT2D eigenvalue weighted by Gasteiger charge is 2.48. The second-order valence-corrected chi connectivity index (χ2v) is 9.03. The summed E-state index contributed by atoms with van der Waals surface area (Å²) in [5.74, 6) is -0.458. The fourth-order valence-corrected chi connectivity index (χ4v) is 4.44. The van der Waals surface area contributed by atoms with Crippen LogP contribution in [0.3, 0.4) is 0 Å². The number of benzene rings is 1. The van der Waals surface area contributed by atoms with Crippen LogP contribution in [0.4, 0.5) is 0 Å². The van der Waals surface area contributed by atoms with Gasteiger partial charge in [0, 0.05) is 6.26 Å². The highest BCUT2D eigenvalue weighted by atomic mass is 35.5. The molecule has 0 aromatic heterocycles. The molecule has 1 fully saturated rings. The maximum Gasteiger partial charge on any atom is 0.242 e. The smallest absolute Gasteiger partial charge is 0.242 e. The lowest BCUT2D eigenvalue weighted by atomic mass is 9.95. The van der Waals surface area contributed by atoms with Gasteiger partial charge in [-0.2, -0.15) is 0 Å². The van der Waals surface area contributed by atoms with E-state index < -0.39 is 20.5 Å². The van der Waals surface area contributed by atoms with Crippen LogP contribution in [0.5, 0.6) is 0 Å². The number of amides is 1. The molecule has 23 heavy (non-hydrogen) atoms. The molecule has 1 aromatic rings. The molecule has 0 aliphatic carbocycles. The van der Waals surface area contributed by atoms with Crippen molar-refractivity contribution in [2.75, 3.05) is 19.3 Å². The number of sulfone groups is 1. The first kappa shape index (κ1) is 18.5. The maximum absolute atomic E-state index is 12.7. The van der Waals surface area contributed by atoms with E-state index in [2.05, 4.69) is 10.6 Å². The van der Waals surface area contributed by atoms with E-state index in [0.29, 0.717) is 23.1 Å². The summed E-state index contributed by atoms with van der Waals surface area (Å²) in [6.45, 7) is 2.79. The van der Waals surface area contributed by atoms with E-state index >= 15 is 0 Å². The predicted molar refractivity (Wildman–Crippen MR) is 92.7 cm³/mol. The van der Waals surface area contributed by atoms with Gasteiger partial charge in [0.2, 0.25) is 5.91 Å². The number of carbonyl (C=O) groups excluding carboxylic acids is 1. The molecule has 1 aliphatic heterocycles. The van der Waals surface area contributed by atoms with Gasteiger partial charge < -0.3 is 10.6 Å². The largest absolute Gasteiger partial charge is 0.348 e. The molecule has 1 aliphatic rings. The predicted octanol–water partition coefficient (Wildman–Crippen LogP) is 2.34. The number of piperidine rings is 1. The van der Waals surface area contributed by atoms with Crippen LogP contribution in [0.25, 0.3) is 0 Å². The number of hydrogen-bond donors (Lipinski definition) is 2. The molecule has 1 aromatic carbocycles. The molecule has 5 nitrogen and oxygen atoms in total. The van der Waals surface area contributed by atoms with E-state index in [0.717, 1.165) is 11.8 Å². The third-order valence-corrected chi connectivity index (χ3v) is 7.08. The number of rotatable bonds is 4. The maximum atomic E-state index is 12.7. The summed E-state index contributed by atoms with van der Waals surface area (Å²) in [5, 5.41) is 6.72. The Balaban J connectivity index is 2.23. The van der Waals surface area contributed by atoms with Crippen LogP contribution in [-0.2, 0) is 14.6 Å². The van der Waals surface area contributed by atoms with Gasteiger partial charge in [-0.15, -0.1) is 0 Å². The molecular formula is C15H20Cl2N2O3S. The first-order valence-corrected chi connectivity index (χ1v) is 9.98. The molecule has 1 atom stereocenters. The fourth-order valence-electron chi connectivity index (χ4n) is 2.79. The Kier molecular flexibility index (Phi) is 5.61. The van der Waals surface area contributed by atoms with Crippen molar-refractivity contribution in [1.82, 2.24) is 10.6 Å². The lowest BCUT2D eigenvalue weighted by Crippen LogP contribution is -2.57. The van der Waals surface area contributed by atoms with Gasteiger partial charge in [0.1, 0.15) is 0 Å². The van der Waals surface area contributed by atoms with Gasteiger partial charge >= 0.3 is 0 Å². The summed E-state index contributed by atoms with van der Waals surface area (Å²) in [5.41, 5.74) is 0.769. The zero-order valence-electron chi connectivity index (χ0n) is 13.0. The topological polar surface area (TPSA) is 75.3 Å². The summed E-state index contributed by atoms with van der Waals surface area (Å²) < 4.78 is 23.1. The lowest BCUT2D eigenvalue weighted by molar-refractivity contribution is -0.125. The van der Waals surface area contributed by atoms with Crippen LogP contribution in [0.15, 0.2) is 18.2 Å². The number of carbonyl (C=O) groups is 1. The molecule has 1 unspecified atom stereocenters. The van der Waals surface area contributed by atoms with Gasteiger partial charge in [-0.25, -0.2) is 8.42 Å². The van der Waals surface area contributed by atoms with Crippen LogP contribution in [0, 0.1) is 0 Å². The van der Waals surface area contributed by atoms with E-state index in [1.54, 1.807) is 25.1 Å². The molecule has 0 radical (unpaired) electrons.